The normalized spacial score (nSPS) is 10.8. The lowest BCUT2D eigenvalue weighted by molar-refractivity contribution is 0.0331. The number of ether oxygens (including phenoxy) is 2. The highest BCUT2D eigenvalue weighted by Crippen LogP contribution is 2.25. The van der Waals surface area contributed by atoms with Gasteiger partial charge in [-0.2, -0.15) is 4.68 Å². The monoisotopic (exact) mass is 455 g/mol. The number of para-hydroxylation sites is 1. The number of benzene rings is 3. The van der Waals surface area contributed by atoms with Gasteiger partial charge in [0, 0.05) is 15.6 Å². The molecule has 0 spiro atoms. The van der Waals surface area contributed by atoms with E-state index in [9.17, 15) is 9.59 Å². The highest BCUT2D eigenvalue weighted by Gasteiger charge is 2.15. The van der Waals surface area contributed by atoms with Crippen LogP contribution >= 0.6 is 23.2 Å². The Kier molecular flexibility index (Phi) is 6.16. The third-order valence-electron chi connectivity index (χ3n) is 4.45. The maximum Gasteiger partial charge on any atom is 0.343 e. The molecule has 0 N–H and O–H groups in total. The lowest BCUT2D eigenvalue weighted by Crippen LogP contribution is -2.26. The summed E-state index contributed by atoms with van der Waals surface area (Å²) in [6, 6.07) is 18.5. The highest BCUT2D eigenvalue weighted by molar-refractivity contribution is 6.35. The Morgan fingerprint density at radius 1 is 1.00 bits per heavy atom. The predicted molar refractivity (Wildman–Crippen MR) is 116 cm³/mol. The number of aromatic nitrogens is 3. The number of esters is 1. The minimum atomic E-state index is -0.667. The molecule has 0 aliphatic heterocycles. The van der Waals surface area contributed by atoms with Gasteiger partial charge in [-0.05, 0) is 36.4 Å². The number of carbonyl (C=O) groups excluding carboxylic acids is 1. The quantitative estimate of drug-likeness (QED) is 0.398. The third-order valence-corrected chi connectivity index (χ3v) is 5.04. The maximum absolute atomic E-state index is 12.6. The molecule has 31 heavy (non-hydrogen) atoms. The van der Waals surface area contributed by atoms with Gasteiger partial charge < -0.3 is 9.47 Å². The van der Waals surface area contributed by atoms with Crippen LogP contribution in [-0.2, 0) is 18.1 Å². The molecule has 0 fully saturated rings. The number of fused-ring (bicyclic) bond motifs is 1. The fourth-order valence-corrected chi connectivity index (χ4v) is 3.32. The molecule has 0 saturated carbocycles. The zero-order valence-corrected chi connectivity index (χ0v) is 17.5. The summed E-state index contributed by atoms with van der Waals surface area (Å²) in [5, 5.41) is 9.13. The number of hydrogen-bond acceptors (Lipinski definition) is 6. The summed E-state index contributed by atoms with van der Waals surface area (Å²) in [7, 11) is 0. The van der Waals surface area contributed by atoms with Crippen molar-refractivity contribution in [1.29, 1.82) is 0 Å². The van der Waals surface area contributed by atoms with Crippen molar-refractivity contribution in [1.82, 2.24) is 15.0 Å². The fourth-order valence-electron chi connectivity index (χ4n) is 2.86. The third kappa shape index (κ3) is 4.68. The van der Waals surface area contributed by atoms with Gasteiger partial charge in [-0.3, -0.25) is 4.79 Å². The largest absolute Gasteiger partial charge is 0.488 e. The van der Waals surface area contributed by atoms with Crippen molar-refractivity contribution in [2.75, 3.05) is 0 Å². The van der Waals surface area contributed by atoms with Crippen LogP contribution in [0.1, 0.15) is 15.9 Å². The fraction of sp³-hybridized carbons (Fsp3) is 0.0909. The van der Waals surface area contributed by atoms with E-state index in [1.54, 1.807) is 66.7 Å². The summed E-state index contributed by atoms with van der Waals surface area (Å²) in [5.74, 6) is -0.352. The van der Waals surface area contributed by atoms with E-state index >= 15 is 0 Å². The van der Waals surface area contributed by atoms with E-state index in [2.05, 4.69) is 10.3 Å². The molecule has 7 nitrogen and oxygen atoms in total. The maximum atomic E-state index is 12.6. The Morgan fingerprint density at radius 2 is 1.77 bits per heavy atom. The first-order valence-electron chi connectivity index (χ1n) is 9.18. The molecule has 0 amide bonds. The molecular weight excluding hydrogens is 441 g/mol. The van der Waals surface area contributed by atoms with Gasteiger partial charge in [0.1, 0.15) is 23.4 Å². The molecule has 0 radical (unpaired) electrons. The molecule has 0 aliphatic carbocycles. The number of carbonyl (C=O) groups is 1. The molecule has 0 bridgehead atoms. The minimum Gasteiger partial charge on any atom is -0.488 e. The molecule has 0 aliphatic rings. The molecule has 156 valence electrons. The summed E-state index contributed by atoms with van der Waals surface area (Å²) in [6.07, 6.45) is 0. The minimum absolute atomic E-state index is 0.135. The van der Waals surface area contributed by atoms with Crippen LogP contribution in [0.25, 0.3) is 10.9 Å². The molecule has 0 atom stereocenters. The van der Waals surface area contributed by atoms with Crippen LogP contribution in [0.3, 0.4) is 0 Å². The summed E-state index contributed by atoms with van der Waals surface area (Å²) in [5.41, 5.74) is 0.983. The van der Waals surface area contributed by atoms with E-state index in [-0.39, 0.29) is 18.9 Å². The first-order valence-corrected chi connectivity index (χ1v) is 9.94. The Bertz CT molecular complexity index is 1320. The molecule has 1 aromatic heterocycles. The lowest BCUT2D eigenvalue weighted by Gasteiger charge is -2.12. The standard InChI is InChI=1S/C22H15Cl2N3O4/c23-15-10-9-14(18(24)11-15)12-30-20-8-4-2-6-17(20)22(29)31-13-27-21(28)16-5-1-3-7-19(16)25-26-27/h1-11H,12-13H2. The summed E-state index contributed by atoms with van der Waals surface area (Å²) in [4.78, 5) is 25.1. The smallest absolute Gasteiger partial charge is 0.343 e. The van der Waals surface area contributed by atoms with Gasteiger partial charge >= 0.3 is 5.97 Å². The second kappa shape index (κ2) is 9.16. The summed E-state index contributed by atoms with van der Waals surface area (Å²) >= 11 is 12.1. The summed E-state index contributed by atoms with van der Waals surface area (Å²) < 4.78 is 12.0. The second-order valence-electron chi connectivity index (χ2n) is 6.49. The average molecular weight is 456 g/mol. The number of halogens is 2. The van der Waals surface area contributed by atoms with E-state index in [1.165, 1.54) is 0 Å². The van der Waals surface area contributed by atoms with Gasteiger partial charge in [-0.15, -0.1) is 5.10 Å². The Balaban J connectivity index is 1.48. The molecule has 0 saturated heterocycles. The average Bonchev–Trinajstić information content (AvgIpc) is 2.78. The molecule has 1 heterocycles. The first kappa shape index (κ1) is 20.8. The number of rotatable bonds is 6. The van der Waals surface area contributed by atoms with E-state index in [1.807, 2.05) is 0 Å². The predicted octanol–water partition coefficient (Wildman–Crippen LogP) is 4.49. The molecule has 4 aromatic rings. The van der Waals surface area contributed by atoms with Crippen molar-refractivity contribution in [2.24, 2.45) is 0 Å². The van der Waals surface area contributed by atoms with Crippen LogP contribution in [0.2, 0.25) is 10.0 Å². The molecule has 4 rings (SSSR count). The highest BCUT2D eigenvalue weighted by atomic mass is 35.5. The van der Waals surface area contributed by atoms with Gasteiger partial charge in [-0.1, -0.05) is 58.7 Å². The van der Waals surface area contributed by atoms with E-state index in [0.717, 1.165) is 4.68 Å². The number of nitrogens with zero attached hydrogens (tertiary/aromatic N) is 3. The van der Waals surface area contributed by atoms with Gasteiger partial charge in [0.05, 0.1) is 5.39 Å². The van der Waals surface area contributed by atoms with Crippen molar-refractivity contribution < 1.29 is 14.3 Å². The van der Waals surface area contributed by atoms with Crippen molar-refractivity contribution >= 4 is 40.1 Å². The van der Waals surface area contributed by atoms with Crippen molar-refractivity contribution in [3.63, 3.8) is 0 Å². The lowest BCUT2D eigenvalue weighted by atomic mass is 10.2. The van der Waals surface area contributed by atoms with Crippen LogP contribution in [0, 0.1) is 0 Å². The topological polar surface area (TPSA) is 83.3 Å². The van der Waals surface area contributed by atoms with Crippen molar-refractivity contribution in [3.05, 3.63) is 98.3 Å². The van der Waals surface area contributed by atoms with Crippen LogP contribution in [0.5, 0.6) is 5.75 Å². The van der Waals surface area contributed by atoms with Gasteiger partial charge in [0.15, 0.2) is 6.73 Å². The molecule has 3 aromatic carbocycles. The second-order valence-corrected chi connectivity index (χ2v) is 7.34. The molecule has 0 unspecified atom stereocenters. The van der Waals surface area contributed by atoms with Crippen LogP contribution in [0.15, 0.2) is 71.5 Å². The van der Waals surface area contributed by atoms with Crippen molar-refractivity contribution in [2.45, 2.75) is 13.3 Å². The van der Waals surface area contributed by atoms with Gasteiger partial charge in [-0.25, -0.2) is 4.79 Å². The van der Waals surface area contributed by atoms with E-state index < -0.39 is 11.5 Å². The Hall–Kier alpha value is -3.42. The summed E-state index contributed by atoms with van der Waals surface area (Å²) in [6.45, 7) is -0.247. The van der Waals surface area contributed by atoms with Gasteiger partial charge in [0.25, 0.3) is 5.56 Å². The van der Waals surface area contributed by atoms with Crippen LogP contribution < -0.4 is 10.3 Å². The van der Waals surface area contributed by atoms with E-state index in [4.69, 9.17) is 32.7 Å². The van der Waals surface area contributed by atoms with E-state index in [0.29, 0.717) is 32.3 Å². The molecule has 9 heteroatoms. The van der Waals surface area contributed by atoms with Crippen LogP contribution in [0.4, 0.5) is 0 Å². The zero-order chi connectivity index (χ0) is 21.8. The first-order chi connectivity index (χ1) is 15.0. The van der Waals surface area contributed by atoms with Gasteiger partial charge in [0.2, 0.25) is 0 Å². The van der Waals surface area contributed by atoms with Crippen molar-refractivity contribution in [3.8, 4) is 5.75 Å². The Labute approximate surface area is 186 Å². The zero-order valence-electron chi connectivity index (χ0n) is 16.0. The Morgan fingerprint density at radius 3 is 2.61 bits per heavy atom. The van der Waals surface area contributed by atoms with Crippen LogP contribution in [-0.4, -0.2) is 21.0 Å². The molecular formula is C22H15Cl2N3O4. The number of hydrogen-bond donors (Lipinski definition) is 0. The SMILES string of the molecule is O=C(OCn1nnc2ccccc2c1=O)c1ccccc1OCc1ccc(Cl)cc1Cl.